The van der Waals surface area contributed by atoms with E-state index in [-0.39, 0.29) is 0 Å². The molecule has 4 rings (SSSR count). The van der Waals surface area contributed by atoms with Crippen molar-refractivity contribution >= 4 is 16.5 Å². The molecule has 0 aliphatic carbocycles. The summed E-state index contributed by atoms with van der Waals surface area (Å²) in [6, 6.07) is 18.1. The van der Waals surface area contributed by atoms with Crippen molar-refractivity contribution in [2.45, 2.75) is 0 Å². The molecule has 0 fully saturated rings. The molecular formula is C16H11NO. The van der Waals surface area contributed by atoms with E-state index in [1.54, 1.807) is 0 Å². The molecule has 0 bridgehead atoms. The van der Waals surface area contributed by atoms with Crippen LogP contribution >= 0.6 is 0 Å². The van der Waals surface area contributed by atoms with Gasteiger partial charge in [0.1, 0.15) is 11.5 Å². The number of nitrogens with two attached hydrogens (primary N) is 1. The molecule has 2 nitrogen and oxygen atoms in total. The lowest BCUT2D eigenvalue weighted by molar-refractivity contribution is 0.487. The van der Waals surface area contributed by atoms with E-state index in [4.69, 9.17) is 10.5 Å². The first-order chi connectivity index (χ1) is 8.84. The molecule has 0 radical (unpaired) electrons. The number of ether oxygens (including phenoxy) is 1. The van der Waals surface area contributed by atoms with Crippen LogP contribution in [0.3, 0.4) is 0 Å². The molecule has 0 saturated heterocycles. The highest BCUT2D eigenvalue weighted by Crippen LogP contribution is 2.47. The lowest BCUT2D eigenvalue weighted by Gasteiger charge is -2.21. The van der Waals surface area contributed by atoms with Gasteiger partial charge < -0.3 is 10.5 Å². The van der Waals surface area contributed by atoms with Gasteiger partial charge in [0.15, 0.2) is 0 Å². The Balaban J connectivity index is 2.22. The number of nitrogen functional groups attached to an aromatic ring is 1. The third kappa shape index (κ3) is 1.12. The van der Waals surface area contributed by atoms with Crippen molar-refractivity contribution in [3.8, 4) is 22.6 Å². The second-order valence-corrected chi connectivity index (χ2v) is 4.48. The van der Waals surface area contributed by atoms with Crippen molar-refractivity contribution in [1.82, 2.24) is 0 Å². The average molecular weight is 233 g/mol. The predicted molar refractivity (Wildman–Crippen MR) is 73.9 cm³/mol. The van der Waals surface area contributed by atoms with Gasteiger partial charge in [-0.15, -0.1) is 0 Å². The summed E-state index contributed by atoms with van der Waals surface area (Å²) in [7, 11) is 0. The smallest absolute Gasteiger partial charge is 0.135 e. The van der Waals surface area contributed by atoms with Gasteiger partial charge in [-0.3, -0.25) is 0 Å². The zero-order valence-electron chi connectivity index (χ0n) is 9.68. The minimum Gasteiger partial charge on any atom is -0.456 e. The fourth-order valence-corrected chi connectivity index (χ4v) is 2.60. The topological polar surface area (TPSA) is 35.2 Å². The SMILES string of the molecule is Nc1ccc2c3c(cccc13)Oc1ccccc1-2. The number of rotatable bonds is 0. The quantitative estimate of drug-likeness (QED) is 0.462. The van der Waals surface area contributed by atoms with Crippen LogP contribution < -0.4 is 10.5 Å². The largest absolute Gasteiger partial charge is 0.456 e. The fourth-order valence-electron chi connectivity index (χ4n) is 2.60. The first-order valence-electron chi connectivity index (χ1n) is 5.93. The summed E-state index contributed by atoms with van der Waals surface area (Å²) >= 11 is 0. The van der Waals surface area contributed by atoms with Gasteiger partial charge in [0, 0.05) is 22.0 Å². The number of hydrogen-bond donors (Lipinski definition) is 1. The van der Waals surface area contributed by atoms with Crippen LogP contribution in [0.2, 0.25) is 0 Å². The van der Waals surface area contributed by atoms with Crippen molar-refractivity contribution in [2.24, 2.45) is 0 Å². The van der Waals surface area contributed by atoms with Gasteiger partial charge in [0.25, 0.3) is 0 Å². The van der Waals surface area contributed by atoms with Gasteiger partial charge in [-0.25, -0.2) is 0 Å². The monoisotopic (exact) mass is 233 g/mol. The average Bonchev–Trinajstić information content (AvgIpc) is 2.42. The van der Waals surface area contributed by atoms with E-state index >= 15 is 0 Å². The Kier molecular flexibility index (Phi) is 1.73. The molecule has 86 valence electrons. The van der Waals surface area contributed by atoms with Crippen LogP contribution in [-0.4, -0.2) is 0 Å². The summed E-state index contributed by atoms with van der Waals surface area (Å²) in [6.45, 7) is 0. The van der Waals surface area contributed by atoms with Crippen molar-refractivity contribution in [3.05, 3.63) is 54.6 Å². The Bertz CT molecular complexity index is 777. The Morgan fingerprint density at radius 2 is 1.56 bits per heavy atom. The predicted octanol–water partition coefficient (Wildman–Crippen LogP) is 4.19. The molecule has 3 aromatic rings. The van der Waals surface area contributed by atoms with Crippen LogP contribution in [0.4, 0.5) is 5.69 Å². The maximum absolute atomic E-state index is 6.04. The molecule has 2 heteroatoms. The molecule has 1 aliphatic rings. The standard InChI is InChI=1S/C16H11NO/c17-13-9-8-11-10-4-1-2-6-14(10)18-15-7-3-5-12(13)16(11)15/h1-9H,17H2. The van der Waals surface area contributed by atoms with Crippen molar-refractivity contribution in [2.75, 3.05) is 5.73 Å². The fraction of sp³-hybridized carbons (Fsp3) is 0. The highest BCUT2D eigenvalue weighted by molar-refractivity contribution is 6.08. The van der Waals surface area contributed by atoms with Crippen molar-refractivity contribution < 1.29 is 4.74 Å². The molecule has 0 saturated carbocycles. The van der Waals surface area contributed by atoms with Gasteiger partial charge in [-0.2, -0.15) is 0 Å². The Morgan fingerprint density at radius 3 is 2.50 bits per heavy atom. The highest BCUT2D eigenvalue weighted by atomic mass is 16.5. The number of anilines is 1. The normalized spacial score (nSPS) is 12.0. The maximum atomic E-state index is 6.04. The first kappa shape index (κ1) is 9.54. The van der Waals surface area contributed by atoms with Crippen LogP contribution in [-0.2, 0) is 0 Å². The first-order valence-corrected chi connectivity index (χ1v) is 5.93. The van der Waals surface area contributed by atoms with Crippen LogP contribution in [0.25, 0.3) is 21.9 Å². The molecule has 1 heterocycles. The summed E-state index contributed by atoms with van der Waals surface area (Å²) in [4.78, 5) is 0. The summed E-state index contributed by atoms with van der Waals surface area (Å²) in [6.07, 6.45) is 0. The molecule has 1 aliphatic heterocycles. The second kappa shape index (κ2) is 3.26. The molecule has 3 aromatic carbocycles. The number of hydrogen-bond acceptors (Lipinski definition) is 2. The summed E-state index contributed by atoms with van der Waals surface area (Å²) in [5.41, 5.74) is 9.15. The minimum atomic E-state index is 0.790. The molecule has 0 spiro atoms. The summed E-state index contributed by atoms with van der Waals surface area (Å²) in [5, 5.41) is 2.16. The number of para-hydroxylation sites is 1. The lowest BCUT2D eigenvalue weighted by atomic mass is 9.94. The summed E-state index contributed by atoms with van der Waals surface area (Å²) in [5.74, 6) is 1.79. The lowest BCUT2D eigenvalue weighted by Crippen LogP contribution is -1.98. The zero-order chi connectivity index (χ0) is 12.1. The van der Waals surface area contributed by atoms with E-state index in [9.17, 15) is 0 Å². The Labute approximate surface area is 105 Å². The molecule has 0 atom stereocenters. The molecule has 0 unspecified atom stereocenters. The zero-order valence-corrected chi connectivity index (χ0v) is 9.68. The van der Waals surface area contributed by atoms with Gasteiger partial charge in [-0.05, 0) is 23.8 Å². The van der Waals surface area contributed by atoms with E-state index < -0.39 is 0 Å². The Hall–Kier alpha value is -2.48. The number of fused-ring (bicyclic) bond motifs is 2. The third-order valence-corrected chi connectivity index (χ3v) is 3.43. The van der Waals surface area contributed by atoms with E-state index in [0.29, 0.717) is 0 Å². The van der Waals surface area contributed by atoms with E-state index in [2.05, 4.69) is 12.1 Å². The third-order valence-electron chi connectivity index (χ3n) is 3.43. The number of benzene rings is 3. The molecule has 18 heavy (non-hydrogen) atoms. The van der Waals surface area contributed by atoms with Gasteiger partial charge in [0.2, 0.25) is 0 Å². The van der Waals surface area contributed by atoms with Gasteiger partial charge >= 0.3 is 0 Å². The van der Waals surface area contributed by atoms with E-state index in [0.717, 1.165) is 33.5 Å². The molecule has 0 amide bonds. The summed E-state index contributed by atoms with van der Waals surface area (Å²) < 4.78 is 5.95. The molecular weight excluding hydrogens is 222 g/mol. The van der Waals surface area contributed by atoms with Crippen LogP contribution in [0, 0.1) is 0 Å². The van der Waals surface area contributed by atoms with E-state index in [1.165, 1.54) is 5.56 Å². The van der Waals surface area contributed by atoms with Crippen LogP contribution in [0.15, 0.2) is 54.6 Å². The second-order valence-electron chi connectivity index (χ2n) is 4.48. The Morgan fingerprint density at radius 1 is 0.722 bits per heavy atom. The van der Waals surface area contributed by atoms with E-state index in [1.807, 2.05) is 42.5 Å². The molecule has 0 aromatic heterocycles. The van der Waals surface area contributed by atoms with Crippen molar-refractivity contribution in [1.29, 1.82) is 0 Å². The maximum Gasteiger partial charge on any atom is 0.135 e. The minimum absolute atomic E-state index is 0.790. The van der Waals surface area contributed by atoms with Crippen LogP contribution in [0.1, 0.15) is 0 Å². The highest BCUT2D eigenvalue weighted by Gasteiger charge is 2.19. The van der Waals surface area contributed by atoms with Gasteiger partial charge in [0.05, 0.1) is 0 Å². The van der Waals surface area contributed by atoms with Crippen molar-refractivity contribution in [3.63, 3.8) is 0 Å². The van der Waals surface area contributed by atoms with Crippen LogP contribution in [0.5, 0.6) is 11.5 Å². The molecule has 2 N–H and O–H groups in total. The van der Waals surface area contributed by atoms with Gasteiger partial charge in [-0.1, -0.05) is 36.4 Å².